The van der Waals surface area contributed by atoms with Crippen molar-refractivity contribution < 1.29 is 33.4 Å². The van der Waals surface area contributed by atoms with Crippen LogP contribution in [-0.4, -0.2) is 78.0 Å². The van der Waals surface area contributed by atoms with Gasteiger partial charge in [0.1, 0.15) is 18.8 Å². The van der Waals surface area contributed by atoms with Crippen molar-refractivity contribution >= 4 is 23.8 Å². The molecular formula is C25H36N2O7. The Morgan fingerprint density at radius 1 is 0.971 bits per heavy atom. The van der Waals surface area contributed by atoms with Gasteiger partial charge in [-0.3, -0.25) is 24.1 Å². The predicted octanol–water partition coefficient (Wildman–Crippen LogP) is 2.32. The Morgan fingerprint density at radius 2 is 1.68 bits per heavy atom. The number of hydrogen-bond acceptors (Lipinski definition) is 8. The second-order valence-corrected chi connectivity index (χ2v) is 9.35. The van der Waals surface area contributed by atoms with Crippen LogP contribution in [0.5, 0.6) is 0 Å². The lowest BCUT2D eigenvalue weighted by Crippen LogP contribution is -2.57. The number of hydrogen-bond donors (Lipinski definition) is 0. The molecule has 1 fully saturated rings. The van der Waals surface area contributed by atoms with E-state index in [4.69, 9.17) is 14.2 Å². The van der Waals surface area contributed by atoms with Crippen LogP contribution in [0.4, 0.5) is 0 Å². The SMILES string of the molecule is CC(=O)OCC1CN(C(=O)CCCC(=O)OCc2ccccc2)CCN1CC(=O)OC(C)(C)C. The molecule has 1 atom stereocenters. The molecule has 1 unspecified atom stereocenters. The average Bonchev–Trinajstić information content (AvgIpc) is 2.76. The van der Waals surface area contributed by atoms with Crippen LogP contribution in [0, 0.1) is 0 Å². The van der Waals surface area contributed by atoms with Crippen molar-refractivity contribution in [3.8, 4) is 0 Å². The molecule has 1 aliphatic rings. The van der Waals surface area contributed by atoms with E-state index in [2.05, 4.69) is 0 Å². The fourth-order valence-electron chi connectivity index (χ4n) is 3.59. The molecule has 1 aromatic rings. The van der Waals surface area contributed by atoms with Crippen LogP contribution in [0.15, 0.2) is 30.3 Å². The maximum Gasteiger partial charge on any atom is 0.320 e. The van der Waals surface area contributed by atoms with E-state index < -0.39 is 11.6 Å². The van der Waals surface area contributed by atoms with Crippen LogP contribution in [0.25, 0.3) is 0 Å². The van der Waals surface area contributed by atoms with Crippen molar-refractivity contribution in [2.75, 3.05) is 32.8 Å². The van der Waals surface area contributed by atoms with Crippen LogP contribution in [0.2, 0.25) is 0 Å². The van der Waals surface area contributed by atoms with Crippen molar-refractivity contribution in [2.24, 2.45) is 0 Å². The summed E-state index contributed by atoms with van der Waals surface area (Å²) < 4.78 is 15.8. The highest BCUT2D eigenvalue weighted by molar-refractivity contribution is 5.77. The predicted molar refractivity (Wildman–Crippen MR) is 125 cm³/mol. The van der Waals surface area contributed by atoms with Crippen molar-refractivity contribution in [3.05, 3.63) is 35.9 Å². The monoisotopic (exact) mass is 476 g/mol. The molecule has 0 saturated carbocycles. The van der Waals surface area contributed by atoms with Crippen LogP contribution in [0.3, 0.4) is 0 Å². The van der Waals surface area contributed by atoms with E-state index in [0.29, 0.717) is 26.1 Å². The number of carbonyl (C=O) groups is 4. The zero-order chi connectivity index (χ0) is 25.1. The summed E-state index contributed by atoms with van der Waals surface area (Å²) in [5.41, 5.74) is 0.317. The molecule has 1 amide bonds. The van der Waals surface area contributed by atoms with Crippen LogP contribution < -0.4 is 0 Å². The first kappa shape index (κ1) is 27.3. The van der Waals surface area contributed by atoms with E-state index in [1.807, 2.05) is 35.2 Å². The van der Waals surface area contributed by atoms with Gasteiger partial charge in [-0.1, -0.05) is 30.3 Å². The highest BCUT2D eigenvalue weighted by Gasteiger charge is 2.32. The molecule has 9 nitrogen and oxygen atoms in total. The molecule has 188 valence electrons. The summed E-state index contributed by atoms with van der Waals surface area (Å²) in [6.45, 7) is 8.29. The minimum absolute atomic E-state index is 0.0541. The summed E-state index contributed by atoms with van der Waals surface area (Å²) in [6.07, 6.45) is 0.764. The van der Waals surface area contributed by atoms with Gasteiger partial charge < -0.3 is 19.1 Å². The molecule has 0 aliphatic carbocycles. The largest absolute Gasteiger partial charge is 0.464 e. The van der Waals surface area contributed by atoms with Gasteiger partial charge in [0.05, 0.1) is 12.6 Å². The highest BCUT2D eigenvalue weighted by atomic mass is 16.6. The highest BCUT2D eigenvalue weighted by Crippen LogP contribution is 2.15. The molecule has 1 heterocycles. The van der Waals surface area contributed by atoms with E-state index in [1.165, 1.54) is 6.92 Å². The summed E-state index contributed by atoms with van der Waals surface area (Å²) >= 11 is 0. The quantitative estimate of drug-likeness (QED) is 0.375. The molecule has 0 bridgehead atoms. The lowest BCUT2D eigenvalue weighted by Gasteiger charge is -2.40. The second-order valence-electron chi connectivity index (χ2n) is 9.35. The number of rotatable bonds is 10. The number of benzene rings is 1. The third kappa shape index (κ3) is 10.3. The first-order valence-corrected chi connectivity index (χ1v) is 11.6. The molecule has 2 rings (SSSR count). The molecule has 0 radical (unpaired) electrons. The minimum Gasteiger partial charge on any atom is -0.464 e. The standard InChI is InChI=1S/C25H36N2O7/c1-19(28)32-18-21-15-27(14-13-26(21)16-24(31)34-25(2,3)4)22(29)11-8-12-23(30)33-17-20-9-6-5-7-10-20/h5-7,9-10,21H,8,11-18H2,1-4H3. The molecule has 0 N–H and O–H groups in total. The number of esters is 3. The van der Waals surface area contributed by atoms with Gasteiger partial charge in [-0.15, -0.1) is 0 Å². The van der Waals surface area contributed by atoms with E-state index in [-0.39, 0.29) is 56.5 Å². The Bertz CT molecular complexity index is 835. The van der Waals surface area contributed by atoms with Gasteiger partial charge in [-0.05, 0) is 32.8 Å². The van der Waals surface area contributed by atoms with Crippen molar-refractivity contribution in [1.29, 1.82) is 0 Å². The van der Waals surface area contributed by atoms with Gasteiger partial charge in [0.25, 0.3) is 0 Å². The molecule has 34 heavy (non-hydrogen) atoms. The molecule has 0 aromatic heterocycles. The van der Waals surface area contributed by atoms with Gasteiger partial charge in [0, 0.05) is 39.4 Å². The van der Waals surface area contributed by atoms with Crippen molar-refractivity contribution in [3.63, 3.8) is 0 Å². The molecule has 0 spiro atoms. The van der Waals surface area contributed by atoms with E-state index in [0.717, 1.165) is 5.56 Å². The van der Waals surface area contributed by atoms with Gasteiger partial charge in [0.2, 0.25) is 5.91 Å². The molecule has 1 aliphatic heterocycles. The number of piperazine rings is 1. The molecular weight excluding hydrogens is 440 g/mol. The molecule has 9 heteroatoms. The third-order valence-corrected chi connectivity index (χ3v) is 5.20. The van der Waals surface area contributed by atoms with Gasteiger partial charge in [-0.2, -0.15) is 0 Å². The summed E-state index contributed by atoms with van der Waals surface area (Å²) in [4.78, 5) is 51.8. The van der Waals surface area contributed by atoms with Gasteiger partial charge in [-0.25, -0.2) is 0 Å². The van der Waals surface area contributed by atoms with E-state index in [9.17, 15) is 19.2 Å². The molecule has 1 aromatic carbocycles. The normalized spacial score (nSPS) is 16.6. The number of nitrogens with zero attached hydrogens (tertiary/aromatic N) is 2. The maximum atomic E-state index is 12.7. The summed E-state index contributed by atoms with van der Waals surface area (Å²) in [6, 6.07) is 9.10. The smallest absolute Gasteiger partial charge is 0.320 e. The third-order valence-electron chi connectivity index (χ3n) is 5.20. The first-order chi connectivity index (χ1) is 16.0. The second kappa shape index (κ2) is 13.1. The maximum absolute atomic E-state index is 12.7. The van der Waals surface area contributed by atoms with Crippen LogP contribution >= 0.6 is 0 Å². The van der Waals surface area contributed by atoms with Crippen molar-refractivity contribution in [2.45, 2.75) is 65.2 Å². The summed E-state index contributed by atoms with van der Waals surface area (Å²) in [7, 11) is 0. The Balaban J connectivity index is 1.80. The fourth-order valence-corrected chi connectivity index (χ4v) is 3.59. The zero-order valence-electron chi connectivity index (χ0n) is 20.6. The first-order valence-electron chi connectivity index (χ1n) is 11.6. The summed E-state index contributed by atoms with van der Waals surface area (Å²) in [5, 5.41) is 0. The number of carbonyl (C=O) groups excluding carboxylic acids is 4. The average molecular weight is 477 g/mol. The zero-order valence-corrected chi connectivity index (χ0v) is 20.6. The Hall–Kier alpha value is -2.94. The lowest BCUT2D eigenvalue weighted by molar-refractivity contribution is -0.158. The Morgan fingerprint density at radius 3 is 2.32 bits per heavy atom. The van der Waals surface area contributed by atoms with Crippen LogP contribution in [-0.2, 0) is 40.0 Å². The minimum atomic E-state index is -0.595. The number of amides is 1. The van der Waals surface area contributed by atoms with Crippen molar-refractivity contribution in [1.82, 2.24) is 9.80 Å². The van der Waals surface area contributed by atoms with Gasteiger partial charge in [0.15, 0.2) is 0 Å². The fraction of sp³-hybridized carbons (Fsp3) is 0.600. The van der Waals surface area contributed by atoms with Crippen LogP contribution in [0.1, 0.15) is 52.5 Å². The molecule has 1 saturated heterocycles. The Labute approximate surface area is 201 Å². The lowest BCUT2D eigenvalue weighted by atomic mass is 10.1. The van der Waals surface area contributed by atoms with Gasteiger partial charge >= 0.3 is 17.9 Å². The topological polar surface area (TPSA) is 102 Å². The summed E-state index contributed by atoms with van der Waals surface area (Å²) in [5.74, 6) is -1.21. The van der Waals surface area contributed by atoms with E-state index >= 15 is 0 Å². The Kier molecular flexibility index (Phi) is 10.5. The number of ether oxygens (including phenoxy) is 3. The van der Waals surface area contributed by atoms with E-state index in [1.54, 1.807) is 25.7 Å².